The summed E-state index contributed by atoms with van der Waals surface area (Å²) >= 11 is 0. The Morgan fingerprint density at radius 3 is 2.85 bits per heavy atom. The second-order valence-corrected chi connectivity index (χ2v) is 2.81. The van der Waals surface area contributed by atoms with Crippen LogP contribution in [0, 0.1) is 0 Å². The number of aromatic amines is 1. The van der Waals surface area contributed by atoms with Crippen molar-refractivity contribution in [2.24, 2.45) is 7.05 Å². The van der Waals surface area contributed by atoms with E-state index in [1.54, 1.807) is 14.0 Å². The summed E-state index contributed by atoms with van der Waals surface area (Å²) in [6, 6.07) is 1.47. The summed E-state index contributed by atoms with van der Waals surface area (Å²) < 4.78 is 1.37. The average Bonchev–Trinajstić information content (AvgIpc) is 2.42. The standard InChI is InChI=1S/C8H13N3O2/c1-3-7(12)9-5-6-4-8(13)11(2)10-6/h4,10H,3,5H2,1-2H3,(H,9,12). The number of hydrogen-bond acceptors (Lipinski definition) is 2. The van der Waals surface area contributed by atoms with E-state index in [0.29, 0.717) is 18.7 Å². The number of nitrogens with zero attached hydrogens (tertiary/aromatic N) is 1. The van der Waals surface area contributed by atoms with Crippen molar-refractivity contribution in [3.63, 3.8) is 0 Å². The third-order valence-corrected chi connectivity index (χ3v) is 1.74. The number of aromatic nitrogens is 2. The smallest absolute Gasteiger partial charge is 0.266 e. The number of nitrogens with one attached hydrogen (secondary N) is 2. The minimum absolute atomic E-state index is 0.0234. The minimum Gasteiger partial charge on any atom is -0.350 e. The Balaban J connectivity index is 2.55. The van der Waals surface area contributed by atoms with Gasteiger partial charge in [-0.25, -0.2) is 0 Å². The van der Waals surface area contributed by atoms with Gasteiger partial charge in [-0.05, 0) is 0 Å². The molecule has 5 nitrogen and oxygen atoms in total. The fourth-order valence-electron chi connectivity index (χ4n) is 0.958. The van der Waals surface area contributed by atoms with Gasteiger partial charge in [0.15, 0.2) is 0 Å². The second-order valence-electron chi connectivity index (χ2n) is 2.81. The summed E-state index contributed by atoms with van der Waals surface area (Å²) in [7, 11) is 1.63. The lowest BCUT2D eigenvalue weighted by atomic mass is 10.4. The number of aryl methyl sites for hydroxylation is 1. The summed E-state index contributed by atoms with van der Waals surface area (Å²) in [5, 5.41) is 5.48. The monoisotopic (exact) mass is 183 g/mol. The molecule has 1 heterocycles. The zero-order chi connectivity index (χ0) is 9.84. The van der Waals surface area contributed by atoms with Gasteiger partial charge in [0.1, 0.15) is 0 Å². The first-order chi connectivity index (χ1) is 6.13. The molecular weight excluding hydrogens is 170 g/mol. The van der Waals surface area contributed by atoms with Gasteiger partial charge in [-0.1, -0.05) is 6.92 Å². The van der Waals surface area contributed by atoms with Crippen molar-refractivity contribution in [1.82, 2.24) is 15.1 Å². The van der Waals surface area contributed by atoms with Crippen LogP contribution in [0.1, 0.15) is 19.0 Å². The fraction of sp³-hybridized carbons (Fsp3) is 0.500. The summed E-state index contributed by atoms with van der Waals surface area (Å²) in [6.07, 6.45) is 0.455. The molecule has 0 aromatic carbocycles. The van der Waals surface area contributed by atoms with Crippen molar-refractivity contribution >= 4 is 5.91 Å². The molecule has 1 aromatic heterocycles. The summed E-state index contributed by atoms with van der Waals surface area (Å²) in [4.78, 5) is 21.8. The first-order valence-corrected chi connectivity index (χ1v) is 4.15. The predicted octanol–water partition coefficient (Wildman–Crippen LogP) is -0.260. The molecule has 0 fully saturated rings. The van der Waals surface area contributed by atoms with E-state index in [2.05, 4.69) is 10.4 Å². The second kappa shape index (κ2) is 3.93. The lowest BCUT2D eigenvalue weighted by molar-refractivity contribution is -0.120. The van der Waals surface area contributed by atoms with Crippen LogP contribution in [0.25, 0.3) is 0 Å². The molecular formula is C8H13N3O2. The lowest BCUT2D eigenvalue weighted by Gasteiger charge is -1.99. The van der Waals surface area contributed by atoms with Gasteiger partial charge in [0.25, 0.3) is 5.56 Å². The van der Waals surface area contributed by atoms with Crippen LogP contribution in [0.15, 0.2) is 10.9 Å². The Kier molecular flexibility index (Phi) is 2.89. The zero-order valence-corrected chi connectivity index (χ0v) is 7.76. The van der Waals surface area contributed by atoms with Gasteiger partial charge in [-0.15, -0.1) is 0 Å². The molecule has 0 radical (unpaired) electrons. The van der Waals surface area contributed by atoms with Crippen LogP contribution in [0.3, 0.4) is 0 Å². The van der Waals surface area contributed by atoms with Crippen molar-refractivity contribution in [2.75, 3.05) is 0 Å². The molecule has 0 unspecified atom stereocenters. The normalized spacial score (nSPS) is 10.0. The summed E-state index contributed by atoms with van der Waals surface area (Å²) in [5.41, 5.74) is 0.620. The highest BCUT2D eigenvalue weighted by molar-refractivity contribution is 5.75. The molecule has 0 aliphatic heterocycles. The summed E-state index contributed by atoms with van der Waals surface area (Å²) in [6.45, 7) is 2.16. The molecule has 0 aliphatic rings. The van der Waals surface area contributed by atoms with E-state index >= 15 is 0 Å². The SMILES string of the molecule is CCC(=O)NCc1cc(=O)n(C)[nH]1. The van der Waals surface area contributed by atoms with E-state index in [1.165, 1.54) is 10.7 Å². The highest BCUT2D eigenvalue weighted by atomic mass is 16.1. The van der Waals surface area contributed by atoms with E-state index in [0.717, 1.165) is 0 Å². The quantitative estimate of drug-likeness (QED) is 0.678. The van der Waals surface area contributed by atoms with Gasteiger partial charge in [-0.2, -0.15) is 0 Å². The van der Waals surface area contributed by atoms with Crippen LogP contribution in [0.2, 0.25) is 0 Å². The minimum atomic E-state index is -0.0965. The third kappa shape index (κ3) is 2.47. The van der Waals surface area contributed by atoms with Gasteiger partial charge in [0, 0.05) is 19.5 Å². The highest BCUT2D eigenvalue weighted by Gasteiger charge is 2.00. The van der Waals surface area contributed by atoms with Crippen molar-refractivity contribution in [1.29, 1.82) is 0 Å². The molecule has 0 atom stereocenters. The van der Waals surface area contributed by atoms with Gasteiger partial charge in [0.2, 0.25) is 5.91 Å². The van der Waals surface area contributed by atoms with Crippen molar-refractivity contribution in [2.45, 2.75) is 19.9 Å². The van der Waals surface area contributed by atoms with Gasteiger partial charge < -0.3 is 5.32 Å². The lowest BCUT2D eigenvalue weighted by Crippen LogP contribution is -2.21. The number of carbonyl (C=O) groups is 1. The van der Waals surface area contributed by atoms with Crippen LogP contribution in [0.4, 0.5) is 0 Å². The molecule has 0 saturated heterocycles. The Bertz CT molecular complexity index is 351. The van der Waals surface area contributed by atoms with Crippen molar-refractivity contribution in [3.05, 3.63) is 22.1 Å². The largest absolute Gasteiger partial charge is 0.350 e. The average molecular weight is 183 g/mol. The molecule has 72 valence electrons. The van der Waals surface area contributed by atoms with E-state index in [4.69, 9.17) is 0 Å². The molecule has 13 heavy (non-hydrogen) atoms. The first-order valence-electron chi connectivity index (χ1n) is 4.15. The maximum absolute atomic E-state index is 11.0. The van der Waals surface area contributed by atoms with E-state index in [1.807, 2.05) is 0 Å². The van der Waals surface area contributed by atoms with Crippen LogP contribution in [-0.2, 0) is 18.4 Å². The van der Waals surface area contributed by atoms with Crippen LogP contribution in [0.5, 0.6) is 0 Å². The molecule has 1 rings (SSSR count). The molecule has 1 aromatic rings. The Morgan fingerprint density at radius 1 is 1.69 bits per heavy atom. The Morgan fingerprint density at radius 2 is 2.38 bits per heavy atom. The topological polar surface area (TPSA) is 66.9 Å². The molecule has 2 N–H and O–H groups in total. The maximum atomic E-state index is 11.0. The molecule has 0 saturated carbocycles. The van der Waals surface area contributed by atoms with Gasteiger partial charge >= 0.3 is 0 Å². The number of carbonyl (C=O) groups excluding carboxylic acids is 1. The Labute approximate surface area is 75.7 Å². The number of hydrogen-bond donors (Lipinski definition) is 2. The molecule has 0 aliphatic carbocycles. The molecule has 0 bridgehead atoms. The highest BCUT2D eigenvalue weighted by Crippen LogP contribution is 1.88. The van der Waals surface area contributed by atoms with Crippen LogP contribution in [-0.4, -0.2) is 15.7 Å². The van der Waals surface area contributed by atoms with Crippen LogP contribution >= 0.6 is 0 Å². The number of rotatable bonds is 3. The molecule has 0 spiro atoms. The number of H-pyrrole nitrogens is 1. The molecule has 1 amide bonds. The maximum Gasteiger partial charge on any atom is 0.266 e. The fourth-order valence-corrected chi connectivity index (χ4v) is 0.958. The summed E-state index contributed by atoms with van der Waals surface area (Å²) in [5.74, 6) is -0.0234. The first kappa shape index (κ1) is 9.57. The van der Waals surface area contributed by atoms with Crippen molar-refractivity contribution < 1.29 is 4.79 Å². The Hall–Kier alpha value is -1.52. The van der Waals surface area contributed by atoms with Crippen LogP contribution < -0.4 is 10.9 Å². The zero-order valence-electron chi connectivity index (χ0n) is 7.76. The number of amides is 1. The van der Waals surface area contributed by atoms with Crippen molar-refractivity contribution in [3.8, 4) is 0 Å². The van der Waals surface area contributed by atoms with E-state index in [-0.39, 0.29) is 11.5 Å². The van der Waals surface area contributed by atoms with E-state index < -0.39 is 0 Å². The van der Waals surface area contributed by atoms with E-state index in [9.17, 15) is 9.59 Å². The van der Waals surface area contributed by atoms with Gasteiger partial charge in [-0.3, -0.25) is 19.4 Å². The molecule has 5 heteroatoms. The third-order valence-electron chi connectivity index (χ3n) is 1.74. The predicted molar refractivity (Wildman–Crippen MR) is 48.2 cm³/mol. The van der Waals surface area contributed by atoms with Gasteiger partial charge in [0.05, 0.1) is 12.2 Å².